The molecule has 0 fully saturated rings. The molecule has 2 aliphatic rings. The number of likely N-dealkylation sites (N-methyl/N-ethyl adjacent to an activating group) is 2. The largest absolute Gasteiger partial charge is 0.514 e. The third kappa shape index (κ3) is 27.4. The number of aryl methyl sites for hydroxylation is 2. The maximum absolute atomic E-state index is 14.6. The minimum atomic E-state index is -1.43. The molecule has 11 N–H and O–H groups in total. The van der Waals surface area contributed by atoms with Gasteiger partial charge in [-0.15, -0.1) is 0 Å². The number of methoxy groups -OCH3 is 1. The molecular weight excluding hydrogens is 1610 g/mol. The molecule has 7 atom stereocenters. The van der Waals surface area contributed by atoms with Crippen molar-refractivity contribution in [3.8, 4) is 62.7 Å². The van der Waals surface area contributed by atoms with Crippen LogP contribution in [0, 0.1) is 31.1 Å². The van der Waals surface area contributed by atoms with E-state index in [0.29, 0.717) is 75.9 Å². The number of phenols is 1. The molecule has 3 heterocycles. The summed E-state index contributed by atoms with van der Waals surface area (Å²) in [5.74, 6) is -5.15. The number of ketones is 1. The zero-order valence-corrected chi connectivity index (χ0v) is 74.0. The standard InChI is InChI=1S/C47H58N10O7.C44H55N3O12.H2S/c1-26-39(27(2)53-41(52-26)30-10-13-32(14-11-30)47(4,5)6)44(61)55-35(17-19-49)46(63)57(7)40-31-12-15-37(58)33(25-31)34-23-29(9-16-38(34)64-22-8-18-48)24-36(43(60)51-21-20-50)56-42(59)28(3)54-45(40)62;1-27-22-34(48)37(47(8)41(52)56-26-28-14-11-10-12-15-28)30-17-19-36(57-42(53)59-44(5,6)7)32(25-30)31-23-29(24-33(39(50)54-9)46-38(27)49)16-18-35(31)55-21-13-20-45-40(51)58-43(2,3)4;/h9-16,23,25,28,35-36,40,58H,8,17-19,21-22,24,48-49H2,1-7H3,(H,51,60)(H,54,62)(H,55,61)(H,56,59);10-12,14-19,23,25,27,33,37H,13,20-22,24,26H2,1-9H3,(H,45,51)(H,46,49);1H2/t28-,35-,36-,40-;27-,33+,37+;/m01./s1. The van der Waals surface area contributed by atoms with Crippen molar-refractivity contribution >= 4 is 79.0 Å². The van der Waals surface area contributed by atoms with Crippen LogP contribution in [0.1, 0.15) is 169 Å². The highest BCUT2D eigenvalue weighted by molar-refractivity contribution is 7.59. The molecule has 2 aliphatic heterocycles. The predicted molar refractivity (Wildman–Crippen MR) is 468 cm³/mol. The number of hydrogen-bond donors (Lipinski definition) is 9. The van der Waals surface area contributed by atoms with Crippen LogP contribution in [0.5, 0.6) is 23.0 Å². The van der Waals surface area contributed by atoms with Crippen molar-refractivity contribution in [2.45, 2.75) is 188 Å². The Morgan fingerprint density at radius 2 is 1.20 bits per heavy atom. The van der Waals surface area contributed by atoms with Gasteiger partial charge in [-0.25, -0.2) is 29.1 Å². The summed E-state index contributed by atoms with van der Waals surface area (Å²) >= 11 is 0. The topological polar surface area (TPSA) is 453 Å². The number of esters is 1. The molecule has 0 radical (unpaired) electrons. The Morgan fingerprint density at radius 1 is 0.637 bits per heavy atom. The molecule has 0 spiro atoms. The summed E-state index contributed by atoms with van der Waals surface area (Å²) < 4.78 is 39.6. The van der Waals surface area contributed by atoms with Crippen molar-refractivity contribution in [2.24, 2.45) is 17.4 Å². The van der Waals surface area contributed by atoms with E-state index in [1.165, 1.54) is 46.3 Å². The number of aromatic hydroxyl groups is 1. The molecule has 0 saturated carbocycles. The lowest BCUT2D eigenvalue weighted by Gasteiger charge is -2.32. The van der Waals surface area contributed by atoms with Crippen LogP contribution in [0.25, 0.3) is 33.6 Å². The fourth-order valence-corrected chi connectivity index (χ4v) is 13.6. The lowest BCUT2D eigenvalue weighted by atomic mass is 9.86. The third-order valence-electron chi connectivity index (χ3n) is 19.9. The highest BCUT2D eigenvalue weighted by atomic mass is 32.1. The molecule has 6 aromatic carbocycles. The monoisotopic (exact) mass is 1730 g/mol. The minimum Gasteiger partial charge on any atom is -0.507 e. The van der Waals surface area contributed by atoms with Crippen LogP contribution in [0.15, 0.2) is 127 Å². The fraction of sp³-hybridized carbons (Fsp3) is 0.429. The van der Waals surface area contributed by atoms with Gasteiger partial charge >= 0.3 is 24.3 Å². The molecule has 33 heteroatoms. The summed E-state index contributed by atoms with van der Waals surface area (Å²) in [6.07, 6.45) is -1.82. The molecule has 8 amide bonds. The smallest absolute Gasteiger partial charge is 0.507 e. The number of hydrogen-bond acceptors (Lipinski definition) is 24. The number of nitrogens with zero attached hydrogens (tertiary/aromatic N) is 5. The summed E-state index contributed by atoms with van der Waals surface area (Å²) in [4.78, 5) is 161. The van der Waals surface area contributed by atoms with Crippen molar-refractivity contribution in [3.05, 3.63) is 178 Å². The van der Waals surface area contributed by atoms with E-state index in [-0.39, 0.29) is 118 Å². The summed E-state index contributed by atoms with van der Waals surface area (Å²) in [6, 6.07) is 30.5. The first kappa shape index (κ1) is 98.4. The van der Waals surface area contributed by atoms with Gasteiger partial charge in [-0.2, -0.15) is 18.8 Å². The molecular formula is C91H115N13O19S. The molecule has 9 rings (SSSR count). The molecule has 7 aromatic rings. The average molecular weight is 1730 g/mol. The average Bonchev–Trinajstić information content (AvgIpc) is 0.783. The molecule has 124 heavy (non-hydrogen) atoms. The number of carbonyl (C=O) groups is 11. The van der Waals surface area contributed by atoms with Gasteiger partial charge in [-0.1, -0.05) is 107 Å². The maximum Gasteiger partial charge on any atom is 0.514 e. The van der Waals surface area contributed by atoms with Gasteiger partial charge in [-0.05, 0) is 182 Å². The summed E-state index contributed by atoms with van der Waals surface area (Å²) in [7, 11) is 4.01. The van der Waals surface area contributed by atoms with E-state index in [4.69, 9.17) is 49.9 Å². The van der Waals surface area contributed by atoms with Crippen LogP contribution >= 0.6 is 13.5 Å². The number of aromatic nitrogens is 2. The van der Waals surface area contributed by atoms with E-state index in [2.05, 4.69) is 62.6 Å². The number of phenolic OH excluding ortho intramolecular Hbond substituents is 1. The molecule has 0 aliphatic carbocycles. The van der Waals surface area contributed by atoms with Gasteiger partial charge in [-0.3, -0.25) is 38.5 Å². The first-order chi connectivity index (χ1) is 58.1. The number of benzene rings is 6. The van der Waals surface area contributed by atoms with Crippen molar-refractivity contribution in [1.82, 2.24) is 51.7 Å². The third-order valence-corrected chi connectivity index (χ3v) is 19.9. The summed E-state index contributed by atoms with van der Waals surface area (Å²) in [6.45, 7) is 23.7. The molecule has 664 valence electrons. The zero-order chi connectivity index (χ0) is 90.4. The SMILES string of the molecule is COC(=O)[C@@H]1Cc2ccc(OCCCNC(=O)OC(C)(C)C)c(c2)-c2cc(ccc2OC(=O)OC(C)(C)C)[C@H](N(C)C(=O)OCc2ccccc2)C(=O)C[C@@H](C)C(=O)N1.Cc1nc(-c2ccc(C(C)(C)C)cc2)nc(C)c1C(=O)N[C@@H](CCN)C(=O)N(C)[C@@H]1C(=O)N[C@@H](C)C(=O)N[C@H](C(=O)NCC#N)Cc2ccc(OCCCN)c(c2)-c2cc1ccc2O.S. The van der Waals surface area contributed by atoms with E-state index in [0.717, 1.165) is 26.5 Å². The Morgan fingerprint density at radius 3 is 1.79 bits per heavy atom. The second-order valence-electron chi connectivity index (χ2n) is 33.0. The zero-order valence-electron chi connectivity index (χ0n) is 73.0. The molecule has 0 unspecified atom stereocenters. The van der Waals surface area contributed by atoms with E-state index in [1.54, 1.807) is 129 Å². The number of amides is 8. The van der Waals surface area contributed by atoms with Crippen LogP contribution in [-0.2, 0) is 77.4 Å². The molecule has 1 aromatic heterocycles. The molecule has 0 saturated heterocycles. The lowest BCUT2D eigenvalue weighted by molar-refractivity contribution is -0.145. The van der Waals surface area contributed by atoms with Gasteiger partial charge < -0.3 is 86.5 Å². The fourth-order valence-electron chi connectivity index (χ4n) is 13.6. The van der Waals surface area contributed by atoms with Crippen LogP contribution in [0.3, 0.4) is 0 Å². The van der Waals surface area contributed by atoms with Crippen molar-refractivity contribution < 1.29 is 91.0 Å². The number of alkyl carbamates (subject to hydrolysis) is 1. The maximum atomic E-state index is 14.6. The Labute approximate surface area is 729 Å². The second kappa shape index (κ2) is 44.4. The Bertz CT molecular complexity index is 5020. The number of rotatable bonds is 23. The number of nitrogens with two attached hydrogens (primary N) is 2. The van der Waals surface area contributed by atoms with Crippen LogP contribution < -0.4 is 57.6 Å². The van der Waals surface area contributed by atoms with Crippen molar-refractivity contribution in [2.75, 3.05) is 60.6 Å². The highest BCUT2D eigenvalue weighted by Crippen LogP contribution is 2.43. The Hall–Kier alpha value is -12.7. The second-order valence-corrected chi connectivity index (χ2v) is 33.0. The summed E-state index contributed by atoms with van der Waals surface area (Å²) in [5, 5.41) is 36.5. The van der Waals surface area contributed by atoms with Crippen LogP contribution in [-0.4, -0.2) is 186 Å². The number of fused-ring (bicyclic) bond motifs is 10. The normalized spacial score (nSPS) is 16.8. The van der Waals surface area contributed by atoms with Crippen molar-refractivity contribution in [3.63, 3.8) is 0 Å². The van der Waals surface area contributed by atoms with Crippen molar-refractivity contribution in [1.29, 1.82) is 5.26 Å². The number of nitriles is 1. The highest BCUT2D eigenvalue weighted by Gasteiger charge is 2.39. The number of ether oxygens (including phenoxy) is 7. The van der Waals surface area contributed by atoms with E-state index >= 15 is 0 Å². The first-order valence-electron chi connectivity index (χ1n) is 40.5. The van der Waals surface area contributed by atoms with Gasteiger partial charge in [0.05, 0.1) is 43.3 Å². The lowest BCUT2D eigenvalue weighted by Crippen LogP contribution is -2.56. The van der Waals surface area contributed by atoms with Gasteiger partial charge in [0.1, 0.15) is 83.6 Å². The Kier molecular flexibility index (Phi) is 35.3. The number of nitrogens with one attached hydrogen (secondary N) is 6. The Balaban J connectivity index is 0.000000339. The van der Waals surface area contributed by atoms with Gasteiger partial charge in [0.15, 0.2) is 11.6 Å². The minimum absolute atomic E-state index is 0. The van der Waals surface area contributed by atoms with E-state index < -0.39 is 119 Å². The van der Waals surface area contributed by atoms with E-state index in [9.17, 15) is 57.8 Å². The van der Waals surface area contributed by atoms with Gasteiger partial charge in [0, 0.05) is 73.6 Å². The molecule has 8 bridgehead atoms. The number of Topliss-reactive ketones (excluding diaryl/α,β-unsaturated/α-hetero) is 1. The predicted octanol–water partition coefficient (Wildman–Crippen LogP) is 10.2. The van der Waals surface area contributed by atoms with Gasteiger partial charge in [0.25, 0.3) is 5.91 Å². The van der Waals surface area contributed by atoms with Crippen LogP contribution in [0.4, 0.5) is 14.4 Å². The van der Waals surface area contributed by atoms with Crippen LogP contribution in [0.2, 0.25) is 0 Å². The quantitative estimate of drug-likeness (QED) is 0.00944. The number of carbonyl (C=O) groups excluding carboxylic acids is 11. The van der Waals surface area contributed by atoms with E-state index in [1.807, 2.05) is 48.5 Å². The molecule has 32 nitrogen and oxygen atoms in total. The first-order valence-corrected chi connectivity index (χ1v) is 40.5. The van der Waals surface area contributed by atoms with Gasteiger partial charge in [0.2, 0.25) is 29.5 Å². The summed E-state index contributed by atoms with van der Waals surface area (Å²) in [5.41, 5.74) is 16.7.